The average Bonchev–Trinajstić information content (AvgIpc) is 2.63. The molecule has 126 valence electrons. The van der Waals surface area contributed by atoms with Crippen molar-refractivity contribution < 1.29 is 14.4 Å². The van der Waals surface area contributed by atoms with E-state index in [1.807, 2.05) is 18.2 Å². The van der Waals surface area contributed by atoms with Crippen LogP contribution in [0.4, 0.5) is 5.69 Å². The highest BCUT2D eigenvalue weighted by Crippen LogP contribution is 2.28. The molecule has 0 bridgehead atoms. The number of nitrogens with one attached hydrogen (secondary N) is 2. The number of nitrogens with zero attached hydrogens (tertiary/aromatic N) is 2. The molecular formula is C17H20N4O3. The van der Waals surface area contributed by atoms with Gasteiger partial charge >= 0.3 is 0 Å². The highest BCUT2D eigenvalue weighted by Gasteiger charge is 2.40. The van der Waals surface area contributed by atoms with Crippen LogP contribution in [0.25, 0.3) is 0 Å². The van der Waals surface area contributed by atoms with Crippen LogP contribution >= 0.6 is 0 Å². The van der Waals surface area contributed by atoms with Gasteiger partial charge in [-0.15, -0.1) is 0 Å². The van der Waals surface area contributed by atoms with Gasteiger partial charge < -0.3 is 20.4 Å². The second kappa shape index (κ2) is 5.81. The van der Waals surface area contributed by atoms with Crippen molar-refractivity contribution in [3.05, 3.63) is 29.3 Å². The number of fused-ring (bicyclic) bond motifs is 2. The first-order valence-corrected chi connectivity index (χ1v) is 8.37. The molecule has 0 saturated carbocycles. The Labute approximate surface area is 140 Å². The van der Waals surface area contributed by atoms with Gasteiger partial charge in [0.1, 0.15) is 6.04 Å². The third-order valence-corrected chi connectivity index (χ3v) is 5.01. The Bertz CT molecular complexity index is 718. The van der Waals surface area contributed by atoms with Crippen LogP contribution in [0.2, 0.25) is 0 Å². The summed E-state index contributed by atoms with van der Waals surface area (Å²) in [6, 6.07) is 5.21. The molecule has 3 heterocycles. The maximum atomic E-state index is 13.0. The molecule has 3 aliphatic rings. The summed E-state index contributed by atoms with van der Waals surface area (Å²) in [6.45, 7) is 2.03. The molecule has 4 rings (SSSR count). The van der Waals surface area contributed by atoms with Crippen LogP contribution in [0.3, 0.4) is 0 Å². The van der Waals surface area contributed by atoms with Gasteiger partial charge in [0.15, 0.2) is 0 Å². The SMILES string of the molecule is O=C1NCC(=O)N2CCN(C(=O)c3cccc4c3NCCC4)CC12. The normalized spacial score (nSPS) is 23.1. The second-order valence-corrected chi connectivity index (χ2v) is 6.44. The smallest absolute Gasteiger partial charge is 0.256 e. The van der Waals surface area contributed by atoms with Gasteiger partial charge in [-0.1, -0.05) is 12.1 Å². The highest BCUT2D eigenvalue weighted by molar-refractivity contribution is 6.01. The fraction of sp³-hybridized carbons (Fsp3) is 0.471. The Hall–Kier alpha value is -2.57. The van der Waals surface area contributed by atoms with Crippen LogP contribution in [0.5, 0.6) is 0 Å². The number of amides is 3. The number of para-hydroxylation sites is 1. The molecule has 0 radical (unpaired) electrons. The fourth-order valence-corrected chi connectivity index (χ4v) is 3.73. The second-order valence-electron chi connectivity index (χ2n) is 6.44. The molecule has 2 N–H and O–H groups in total. The molecule has 3 aliphatic heterocycles. The minimum absolute atomic E-state index is 0.0550. The molecule has 24 heavy (non-hydrogen) atoms. The van der Waals surface area contributed by atoms with Crippen LogP contribution < -0.4 is 10.6 Å². The van der Waals surface area contributed by atoms with Gasteiger partial charge in [0.05, 0.1) is 24.3 Å². The van der Waals surface area contributed by atoms with E-state index >= 15 is 0 Å². The van der Waals surface area contributed by atoms with Crippen molar-refractivity contribution in [3.8, 4) is 0 Å². The van der Waals surface area contributed by atoms with Crippen molar-refractivity contribution in [2.45, 2.75) is 18.9 Å². The minimum atomic E-state index is -0.573. The first-order chi connectivity index (χ1) is 11.6. The van der Waals surface area contributed by atoms with Gasteiger partial charge in [-0.2, -0.15) is 0 Å². The topological polar surface area (TPSA) is 81.8 Å². The van der Waals surface area contributed by atoms with Gasteiger partial charge in [0.25, 0.3) is 5.91 Å². The number of carbonyl (C=O) groups excluding carboxylic acids is 3. The standard InChI is InChI=1S/C17H20N4O3/c22-14-9-19-16(23)13-10-20(7-8-21(13)14)17(24)12-5-1-3-11-4-2-6-18-15(11)12/h1,3,5,13,18H,2,4,6-10H2,(H,19,23). The maximum Gasteiger partial charge on any atom is 0.256 e. The zero-order valence-electron chi connectivity index (χ0n) is 13.4. The van der Waals surface area contributed by atoms with Crippen molar-refractivity contribution >= 4 is 23.4 Å². The minimum Gasteiger partial charge on any atom is -0.384 e. The van der Waals surface area contributed by atoms with E-state index in [-0.39, 0.29) is 30.8 Å². The molecule has 1 aromatic rings. The van der Waals surface area contributed by atoms with Crippen molar-refractivity contribution in [2.24, 2.45) is 0 Å². The first-order valence-electron chi connectivity index (χ1n) is 8.37. The molecule has 2 saturated heterocycles. The van der Waals surface area contributed by atoms with E-state index in [4.69, 9.17) is 0 Å². The number of piperazine rings is 2. The Kier molecular flexibility index (Phi) is 3.63. The molecule has 7 nitrogen and oxygen atoms in total. The summed E-state index contributed by atoms with van der Waals surface area (Å²) >= 11 is 0. The van der Waals surface area contributed by atoms with Crippen molar-refractivity contribution in [1.82, 2.24) is 15.1 Å². The van der Waals surface area contributed by atoms with E-state index in [0.717, 1.165) is 30.6 Å². The highest BCUT2D eigenvalue weighted by atomic mass is 16.2. The number of aryl methyl sites for hydroxylation is 1. The first kappa shape index (κ1) is 15.0. The predicted molar refractivity (Wildman–Crippen MR) is 87.7 cm³/mol. The summed E-state index contributed by atoms with van der Waals surface area (Å²) in [4.78, 5) is 40.2. The largest absolute Gasteiger partial charge is 0.384 e. The third-order valence-electron chi connectivity index (χ3n) is 5.01. The molecule has 0 aromatic heterocycles. The molecule has 7 heteroatoms. The van der Waals surface area contributed by atoms with Gasteiger partial charge in [0, 0.05) is 19.6 Å². The lowest BCUT2D eigenvalue weighted by atomic mass is 9.98. The number of hydrogen-bond donors (Lipinski definition) is 2. The number of hydrogen-bond acceptors (Lipinski definition) is 4. The molecular weight excluding hydrogens is 308 g/mol. The van der Waals surface area contributed by atoms with E-state index in [2.05, 4.69) is 10.6 Å². The number of rotatable bonds is 1. The Morgan fingerprint density at radius 1 is 1.17 bits per heavy atom. The lowest BCUT2D eigenvalue weighted by Crippen LogP contribution is -2.66. The van der Waals surface area contributed by atoms with Crippen molar-refractivity contribution in [2.75, 3.05) is 38.0 Å². The fourth-order valence-electron chi connectivity index (χ4n) is 3.73. The summed E-state index contributed by atoms with van der Waals surface area (Å²) in [5.74, 6) is -0.336. The Morgan fingerprint density at radius 2 is 2.04 bits per heavy atom. The monoisotopic (exact) mass is 328 g/mol. The summed E-state index contributed by atoms with van der Waals surface area (Å²) in [6.07, 6.45) is 2.03. The molecule has 1 atom stereocenters. The van der Waals surface area contributed by atoms with E-state index in [9.17, 15) is 14.4 Å². The predicted octanol–water partition coefficient (Wildman–Crippen LogP) is -0.172. The van der Waals surface area contributed by atoms with Gasteiger partial charge in [-0.3, -0.25) is 14.4 Å². The van der Waals surface area contributed by atoms with Crippen LogP contribution in [-0.4, -0.2) is 66.3 Å². The quantitative estimate of drug-likeness (QED) is 0.750. The summed E-state index contributed by atoms with van der Waals surface area (Å²) < 4.78 is 0. The van der Waals surface area contributed by atoms with Gasteiger partial charge in [-0.25, -0.2) is 0 Å². The summed E-state index contributed by atoms with van der Waals surface area (Å²) in [5, 5.41) is 5.93. The van der Waals surface area contributed by atoms with Crippen LogP contribution in [-0.2, 0) is 16.0 Å². The zero-order chi connectivity index (χ0) is 16.7. The average molecular weight is 328 g/mol. The third kappa shape index (κ3) is 2.40. The van der Waals surface area contributed by atoms with Crippen LogP contribution in [0, 0.1) is 0 Å². The van der Waals surface area contributed by atoms with E-state index in [0.29, 0.717) is 18.7 Å². The zero-order valence-corrected chi connectivity index (χ0v) is 13.4. The number of anilines is 1. The summed E-state index contributed by atoms with van der Waals surface area (Å²) in [5.41, 5.74) is 2.74. The van der Waals surface area contributed by atoms with E-state index < -0.39 is 6.04 Å². The van der Waals surface area contributed by atoms with Crippen LogP contribution in [0.15, 0.2) is 18.2 Å². The van der Waals surface area contributed by atoms with E-state index in [1.165, 1.54) is 0 Å². The van der Waals surface area contributed by atoms with Crippen LogP contribution in [0.1, 0.15) is 22.3 Å². The van der Waals surface area contributed by atoms with Gasteiger partial charge in [0.2, 0.25) is 11.8 Å². The Balaban J connectivity index is 1.58. The molecule has 3 amide bonds. The molecule has 2 fully saturated rings. The van der Waals surface area contributed by atoms with Crippen molar-refractivity contribution in [3.63, 3.8) is 0 Å². The number of benzene rings is 1. The lowest BCUT2D eigenvalue weighted by Gasteiger charge is -2.43. The van der Waals surface area contributed by atoms with Crippen molar-refractivity contribution in [1.29, 1.82) is 0 Å². The molecule has 1 unspecified atom stereocenters. The number of carbonyl (C=O) groups is 3. The van der Waals surface area contributed by atoms with Gasteiger partial charge in [-0.05, 0) is 24.5 Å². The molecule has 0 spiro atoms. The van der Waals surface area contributed by atoms with E-state index in [1.54, 1.807) is 9.80 Å². The summed E-state index contributed by atoms with van der Waals surface area (Å²) in [7, 11) is 0. The Morgan fingerprint density at radius 3 is 2.92 bits per heavy atom. The maximum absolute atomic E-state index is 13.0. The lowest BCUT2D eigenvalue weighted by molar-refractivity contribution is -0.148. The molecule has 1 aromatic carbocycles. The molecule has 0 aliphatic carbocycles.